The summed E-state index contributed by atoms with van der Waals surface area (Å²) in [6.45, 7) is 1.98. The van der Waals surface area contributed by atoms with Crippen LogP contribution in [-0.4, -0.2) is 12.1 Å². The zero-order valence-electron chi connectivity index (χ0n) is 9.81. The molecule has 0 aliphatic heterocycles. The van der Waals surface area contributed by atoms with E-state index in [9.17, 15) is 0 Å². The number of para-hydroxylation sites is 1. The van der Waals surface area contributed by atoms with Crippen LogP contribution in [0.5, 0.6) is 5.75 Å². The maximum Gasteiger partial charge on any atom is 0.124 e. The van der Waals surface area contributed by atoms with Crippen LogP contribution < -0.4 is 16.0 Å². The van der Waals surface area contributed by atoms with Gasteiger partial charge in [-0.2, -0.15) is 0 Å². The molecule has 0 aliphatic rings. The molecule has 0 spiro atoms. The van der Waals surface area contributed by atoms with Crippen LogP contribution in [0, 0.1) is 6.92 Å². The van der Waals surface area contributed by atoms with Gasteiger partial charge < -0.3 is 4.74 Å². The van der Waals surface area contributed by atoms with Crippen molar-refractivity contribution in [1.82, 2.24) is 10.4 Å². The van der Waals surface area contributed by atoms with Crippen LogP contribution in [0.2, 0.25) is 0 Å². The van der Waals surface area contributed by atoms with Gasteiger partial charge in [-0.15, -0.1) is 11.3 Å². The van der Waals surface area contributed by atoms with Crippen molar-refractivity contribution in [3.05, 3.63) is 45.9 Å². The normalized spacial score (nSPS) is 12.4. The molecule has 0 saturated heterocycles. The smallest absolute Gasteiger partial charge is 0.124 e. The Balaban J connectivity index is 2.41. The van der Waals surface area contributed by atoms with Gasteiger partial charge in [0.05, 0.1) is 18.2 Å². The minimum atomic E-state index is -0.0858. The fourth-order valence-electron chi connectivity index (χ4n) is 1.74. The zero-order valence-corrected chi connectivity index (χ0v) is 10.6. The van der Waals surface area contributed by atoms with Crippen LogP contribution >= 0.6 is 11.3 Å². The molecule has 5 heteroatoms. The number of nitrogens with two attached hydrogens (primary N) is 1. The molecule has 1 unspecified atom stereocenters. The monoisotopic (exact) mass is 249 g/mol. The minimum Gasteiger partial charge on any atom is -0.496 e. The van der Waals surface area contributed by atoms with Crippen molar-refractivity contribution in [3.8, 4) is 5.75 Å². The number of methoxy groups -OCH3 is 1. The van der Waals surface area contributed by atoms with Gasteiger partial charge in [0.15, 0.2) is 0 Å². The number of ether oxygens (including phenoxy) is 1. The average molecular weight is 249 g/mol. The van der Waals surface area contributed by atoms with E-state index in [-0.39, 0.29) is 6.04 Å². The molecule has 2 rings (SSSR count). The summed E-state index contributed by atoms with van der Waals surface area (Å²) in [4.78, 5) is 5.33. The summed E-state index contributed by atoms with van der Waals surface area (Å²) in [5, 5.41) is 1.02. The van der Waals surface area contributed by atoms with Gasteiger partial charge in [0.2, 0.25) is 0 Å². The first-order valence-corrected chi connectivity index (χ1v) is 6.09. The second-order valence-corrected chi connectivity index (χ2v) is 4.89. The van der Waals surface area contributed by atoms with Gasteiger partial charge in [0.1, 0.15) is 5.75 Å². The molecule has 0 saturated carbocycles. The standard InChI is InChI=1S/C12H15N3OS/c1-8-14-7-11(17-8)12(15-13)9-5-3-4-6-10(9)16-2/h3-7,12,15H,13H2,1-2H3. The summed E-state index contributed by atoms with van der Waals surface area (Å²) in [6, 6.07) is 7.74. The number of aryl methyl sites for hydroxylation is 1. The lowest BCUT2D eigenvalue weighted by Gasteiger charge is -2.17. The van der Waals surface area contributed by atoms with Gasteiger partial charge in [0, 0.05) is 16.6 Å². The molecule has 3 N–H and O–H groups in total. The Morgan fingerprint density at radius 2 is 2.18 bits per heavy atom. The van der Waals surface area contributed by atoms with E-state index in [1.807, 2.05) is 37.4 Å². The third kappa shape index (κ3) is 2.46. The summed E-state index contributed by atoms with van der Waals surface area (Å²) in [7, 11) is 1.66. The van der Waals surface area contributed by atoms with E-state index in [1.165, 1.54) is 0 Å². The van der Waals surface area contributed by atoms with Crippen LogP contribution in [0.1, 0.15) is 21.5 Å². The predicted molar refractivity (Wildman–Crippen MR) is 69.0 cm³/mol. The van der Waals surface area contributed by atoms with Gasteiger partial charge >= 0.3 is 0 Å². The summed E-state index contributed by atoms with van der Waals surface area (Å²) < 4.78 is 5.35. The summed E-state index contributed by atoms with van der Waals surface area (Å²) >= 11 is 1.63. The molecule has 0 radical (unpaired) electrons. The Bertz CT molecular complexity index is 498. The SMILES string of the molecule is COc1ccccc1C(NN)c1cnc(C)s1. The van der Waals surface area contributed by atoms with Crippen LogP contribution in [0.25, 0.3) is 0 Å². The van der Waals surface area contributed by atoms with E-state index in [0.717, 1.165) is 21.2 Å². The molecule has 1 heterocycles. The van der Waals surface area contributed by atoms with Crippen LogP contribution in [0.4, 0.5) is 0 Å². The molecule has 2 aromatic rings. The zero-order chi connectivity index (χ0) is 12.3. The summed E-state index contributed by atoms with van der Waals surface area (Å²) in [5.74, 6) is 6.46. The van der Waals surface area contributed by atoms with E-state index >= 15 is 0 Å². The molecular weight excluding hydrogens is 234 g/mol. The summed E-state index contributed by atoms with van der Waals surface area (Å²) in [6.07, 6.45) is 1.84. The minimum absolute atomic E-state index is 0.0858. The van der Waals surface area contributed by atoms with E-state index < -0.39 is 0 Å². The lowest BCUT2D eigenvalue weighted by molar-refractivity contribution is 0.404. The molecular formula is C12H15N3OS. The van der Waals surface area contributed by atoms with Crippen LogP contribution in [0.3, 0.4) is 0 Å². The number of nitrogens with zero attached hydrogens (tertiary/aromatic N) is 1. The maximum atomic E-state index is 5.64. The van der Waals surface area contributed by atoms with E-state index in [1.54, 1.807) is 18.4 Å². The maximum absolute atomic E-state index is 5.64. The van der Waals surface area contributed by atoms with Crippen molar-refractivity contribution in [2.24, 2.45) is 5.84 Å². The van der Waals surface area contributed by atoms with Crippen LogP contribution in [0.15, 0.2) is 30.5 Å². The molecule has 1 atom stereocenters. The van der Waals surface area contributed by atoms with E-state index in [0.29, 0.717) is 0 Å². The Labute approximate surface area is 104 Å². The molecule has 1 aromatic heterocycles. The van der Waals surface area contributed by atoms with Gasteiger partial charge in [0.25, 0.3) is 0 Å². The third-order valence-corrected chi connectivity index (χ3v) is 3.52. The third-order valence-electron chi connectivity index (χ3n) is 2.54. The highest BCUT2D eigenvalue weighted by atomic mass is 32.1. The topological polar surface area (TPSA) is 60.2 Å². The van der Waals surface area contributed by atoms with Crippen molar-refractivity contribution >= 4 is 11.3 Å². The Hall–Kier alpha value is -1.43. The highest BCUT2D eigenvalue weighted by molar-refractivity contribution is 7.11. The molecule has 0 bridgehead atoms. The molecule has 4 nitrogen and oxygen atoms in total. The number of hydrazine groups is 1. The summed E-state index contributed by atoms with van der Waals surface area (Å²) in [5.41, 5.74) is 3.83. The Morgan fingerprint density at radius 1 is 1.41 bits per heavy atom. The second-order valence-electron chi connectivity index (χ2n) is 3.62. The van der Waals surface area contributed by atoms with Gasteiger partial charge in [-0.25, -0.2) is 10.4 Å². The van der Waals surface area contributed by atoms with Crippen molar-refractivity contribution < 1.29 is 4.74 Å². The van der Waals surface area contributed by atoms with E-state index in [2.05, 4.69) is 10.4 Å². The van der Waals surface area contributed by atoms with Crippen LogP contribution in [-0.2, 0) is 0 Å². The molecule has 17 heavy (non-hydrogen) atoms. The fraction of sp³-hybridized carbons (Fsp3) is 0.250. The first kappa shape index (κ1) is 12.0. The Kier molecular flexibility index (Phi) is 3.73. The number of nitrogens with one attached hydrogen (secondary N) is 1. The number of hydrogen-bond acceptors (Lipinski definition) is 5. The predicted octanol–water partition coefficient (Wildman–Crippen LogP) is 2.01. The number of hydrogen-bond donors (Lipinski definition) is 2. The highest BCUT2D eigenvalue weighted by Gasteiger charge is 2.18. The largest absolute Gasteiger partial charge is 0.496 e. The van der Waals surface area contributed by atoms with Crippen molar-refractivity contribution in [2.75, 3.05) is 7.11 Å². The Morgan fingerprint density at radius 3 is 2.76 bits per heavy atom. The van der Waals surface area contributed by atoms with Crippen molar-refractivity contribution in [3.63, 3.8) is 0 Å². The van der Waals surface area contributed by atoms with Crippen molar-refractivity contribution in [2.45, 2.75) is 13.0 Å². The molecule has 1 aromatic carbocycles. The van der Waals surface area contributed by atoms with E-state index in [4.69, 9.17) is 10.6 Å². The number of rotatable bonds is 4. The van der Waals surface area contributed by atoms with Gasteiger partial charge in [-0.1, -0.05) is 18.2 Å². The fourth-order valence-corrected chi connectivity index (χ4v) is 2.61. The lowest BCUT2D eigenvalue weighted by Crippen LogP contribution is -2.28. The molecule has 0 amide bonds. The number of thiazole rings is 1. The number of benzene rings is 1. The van der Waals surface area contributed by atoms with Gasteiger partial charge in [-0.3, -0.25) is 5.84 Å². The number of aromatic nitrogens is 1. The molecule has 0 aliphatic carbocycles. The first-order valence-electron chi connectivity index (χ1n) is 5.27. The molecule has 0 fully saturated rings. The molecule has 90 valence electrons. The second kappa shape index (κ2) is 5.27. The van der Waals surface area contributed by atoms with Gasteiger partial charge in [-0.05, 0) is 13.0 Å². The highest BCUT2D eigenvalue weighted by Crippen LogP contribution is 2.31. The van der Waals surface area contributed by atoms with Crippen molar-refractivity contribution in [1.29, 1.82) is 0 Å². The first-order chi connectivity index (χ1) is 8.26. The average Bonchev–Trinajstić information content (AvgIpc) is 2.77. The quantitative estimate of drug-likeness (QED) is 0.643. The lowest BCUT2D eigenvalue weighted by atomic mass is 10.1.